The van der Waals surface area contributed by atoms with Crippen LogP contribution >= 0.6 is 0 Å². The summed E-state index contributed by atoms with van der Waals surface area (Å²) >= 11 is 0. The Morgan fingerprint density at radius 3 is 2.23 bits per heavy atom. The quantitative estimate of drug-likeness (QED) is 0.353. The third-order valence-electron chi connectivity index (χ3n) is 4.13. The molecule has 0 radical (unpaired) electrons. The third kappa shape index (κ3) is 8.80. The van der Waals surface area contributed by atoms with Gasteiger partial charge in [0.1, 0.15) is 6.04 Å². The molecule has 1 heterocycles. The van der Waals surface area contributed by atoms with Crippen molar-refractivity contribution in [3.63, 3.8) is 0 Å². The number of ether oxygens (including phenoxy) is 1. The summed E-state index contributed by atoms with van der Waals surface area (Å²) in [6.07, 6.45) is 3.69. The van der Waals surface area contributed by atoms with Gasteiger partial charge < -0.3 is 26.4 Å². The van der Waals surface area contributed by atoms with Crippen LogP contribution in [0, 0.1) is 0 Å². The number of hydrogen-bond donors (Lipinski definition) is 3. The summed E-state index contributed by atoms with van der Waals surface area (Å²) in [5.74, 6) is -0.933. The molecule has 1 fully saturated rings. The topological polar surface area (TPSA) is 145 Å². The van der Waals surface area contributed by atoms with E-state index in [1.807, 2.05) is 13.8 Å². The fourth-order valence-corrected chi connectivity index (χ4v) is 2.63. The lowest BCUT2D eigenvalue weighted by Gasteiger charge is -2.23. The molecule has 0 unspecified atom stereocenters. The van der Waals surface area contributed by atoms with E-state index in [2.05, 4.69) is 10.1 Å². The highest BCUT2D eigenvalue weighted by Gasteiger charge is 2.29. The number of likely N-dealkylation sites (tertiary alicyclic amines) is 1. The van der Waals surface area contributed by atoms with Crippen LogP contribution < -0.4 is 16.8 Å². The number of primary amides is 2. The molecule has 0 aromatic rings. The van der Waals surface area contributed by atoms with Crippen LogP contribution in [0.15, 0.2) is 0 Å². The van der Waals surface area contributed by atoms with E-state index in [4.69, 9.17) is 11.5 Å². The van der Waals surface area contributed by atoms with Gasteiger partial charge in [-0.3, -0.25) is 19.2 Å². The van der Waals surface area contributed by atoms with Gasteiger partial charge in [-0.15, -0.1) is 0 Å². The Kier molecular flexibility index (Phi) is 12.0. The highest BCUT2D eigenvalue weighted by atomic mass is 16.5. The first kappa shape index (κ1) is 23.8. The van der Waals surface area contributed by atoms with Crippen molar-refractivity contribution < 1.29 is 23.9 Å². The van der Waals surface area contributed by atoms with E-state index in [0.29, 0.717) is 45.2 Å². The SMILES string of the molecule is CC[C@@H](C(N)=O)N1CCCC1=O.CC[C@H](NCCCC(=O)OC)C(N)=O. The highest BCUT2D eigenvalue weighted by Crippen LogP contribution is 2.15. The zero-order chi connectivity index (χ0) is 20.1. The van der Waals surface area contributed by atoms with Crippen molar-refractivity contribution in [1.82, 2.24) is 10.2 Å². The summed E-state index contributed by atoms with van der Waals surface area (Å²) in [5.41, 5.74) is 10.3. The Morgan fingerprint density at radius 1 is 1.19 bits per heavy atom. The van der Waals surface area contributed by atoms with Gasteiger partial charge in [-0.25, -0.2) is 0 Å². The predicted octanol–water partition coefficient (Wildman–Crippen LogP) is -0.334. The molecule has 1 aliphatic rings. The van der Waals surface area contributed by atoms with Crippen molar-refractivity contribution in [3.05, 3.63) is 0 Å². The monoisotopic (exact) mass is 372 g/mol. The van der Waals surface area contributed by atoms with Gasteiger partial charge in [0.2, 0.25) is 17.7 Å². The maximum atomic E-state index is 11.2. The Bertz CT molecular complexity index is 484. The number of amides is 3. The molecule has 1 saturated heterocycles. The number of nitrogens with zero attached hydrogens (tertiary/aromatic N) is 1. The molecule has 1 aliphatic heterocycles. The molecule has 5 N–H and O–H groups in total. The van der Waals surface area contributed by atoms with Gasteiger partial charge in [0.25, 0.3) is 0 Å². The smallest absolute Gasteiger partial charge is 0.305 e. The molecule has 0 saturated carbocycles. The van der Waals surface area contributed by atoms with Crippen LogP contribution in [0.4, 0.5) is 0 Å². The van der Waals surface area contributed by atoms with Gasteiger partial charge in [0, 0.05) is 19.4 Å². The minimum absolute atomic E-state index is 0.0562. The Balaban J connectivity index is 0.000000485. The number of nitrogens with one attached hydrogen (secondary N) is 1. The summed E-state index contributed by atoms with van der Waals surface area (Å²) in [6.45, 7) is 5.01. The minimum atomic E-state index is -0.396. The van der Waals surface area contributed by atoms with E-state index in [9.17, 15) is 19.2 Å². The third-order valence-corrected chi connectivity index (χ3v) is 4.13. The van der Waals surface area contributed by atoms with Crippen LogP contribution in [-0.2, 0) is 23.9 Å². The number of methoxy groups -OCH3 is 1. The van der Waals surface area contributed by atoms with Crippen molar-refractivity contribution in [3.8, 4) is 0 Å². The molecule has 0 aromatic heterocycles. The summed E-state index contributed by atoms with van der Waals surface area (Å²) in [6, 6.07) is -0.687. The number of hydrogen-bond acceptors (Lipinski definition) is 6. The van der Waals surface area contributed by atoms with Gasteiger partial charge in [-0.1, -0.05) is 13.8 Å². The molecule has 9 heteroatoms. The first-order chi connectivity index (χ1) is 12.3. The summed E-state index contributed by atoms with van der Waals surface area (Å²) in [5, 5.41) is 2.97. The van der Waals surface area contributed by atoms with Gasteiger partial charge >= 0.3 is 5.97 Å². The molecule has 0 aliphatic carbocycles. The maximum Gasteiger partial charge on any atom is 0.305 e. The molecule has 2 atom stereocenters. The van der Waals surface area contributed by atoms with E-state index >= 15 is 0 Å². The van der Waals surface area contributed by atoms with Gasteiger partial charge in [0.05, 0.1) is 13.2 Å². The first-order valence-corrected chi connectivity index (χ1v) is 8.96. The number of carbonyl (C=O) groups is 4. The van der Waals surface area contributed by atoms with Crippen molar-refractivity contribution in [2.24, 2.45) is 11.5 Å². The molecule has 9 nitrogen and oxygen atoms in total. The van der Waals surface area contributed by atoms with Gasteiger partial charge in [-0.2, -0.15) is 0 Å². The molecule has 3 amide bonds. The summed E-state index contributed by atoms with van der Waals surface area (Å²) < 4.78 is 4.47. The fourth-order valence-electron chi connectivity index (χ4n) is 2.63. The average Bonchev–Trinajstić information content (AvgIpc) is 3.01. The Hall–Kier alpha value is -2.16. The van der Waals surface area contributed by atoms with E-state index in [1.54, 1.807) is 4.90 Å². The lowest BCUT2D eigenvalue weighted by Crippen LogP contribution is -2.44. The summed E-state index contributed by atoms with van der Waals surface area (Å²) in [7, 11) is 1.36. The Labute approximate surface area is 154 Å². The van der Waals surface area contributed by atoms with E-state index in [0.717, 1.165) is 6.42 Å². The molecular weight excluding hydrogens is 340 g/mol. The maximum absolute atomic E-state index is 11.2. The average molecular weight is 372 g/mol. The first-order valence-electron chi connectivity index (χ1n) is 8.96. The van der Waals surface area contributed by atoms with Crippen LogP contribution in [-0.4, -0.2) is 60.9 Å². The largest absolute Gasteiger partial charge is 0.469 e. The molecule has 26 heavy (non-hydrogen) atoms. The lowest BCUT2D eigenvalue weighted by molar-refractivity contribution is -0.140. The number of nitrogens with two attached hydrogens (primary N) is 2. The van der Waals surface area contributed by atoms with Crippen LogP contribution in [0.25, 0.3) is 0 Å². The second kappa shape index (κ2) is 13.1. The van der Waals surface area contributed by atoms with Crippen LogP contribution in [0.1, 0.15) is 52.4 Å². The second-order valence-corrected chi connectivity index (χ2v) is 6.01. The Morgan fingerprint density at radius 2 is 1.85 bits per heavy atom. The van der Waals surface area contributed by atoms with Crippen LogP contribution in [0.5, 0.6) is 0 Å². The molecule has 0 spiro atoms. The number of esters is 1. The lowest BCUT2D eigenvalue weighted by atomic mass is 10.2. The van der Waals surface area contributed by atoms with E-state index in [1.165, 1.54) is 7.11 Å². The van der Waals surface area contributed by atoms with Gasteiger partial charge in [-0.05, 0) is 32.2 Å². The number of rotatable bonds is 10. The van der Waals surface area contributed by atoms with Crippen LogP contribution in [0.3, 0.4) is 0 Å². The molecule has 0 aromatic carbocycles. The van der Waals surface area contributed by atoms with Crippen molar-refractivity contribution >= 4 is 23.7 Å². The standard InChI is InChI=1S/C9H18N2O3.C8H14N2O2/c1-3-7(9(10)13)11-6-4-5-8(12)14-2;1-2-6(8(9)12)10-5-3-4-7(10)11/h7,11H,3-6H2,1-2H3,(H2,10,13);6H,2-5H2,1H3,(H2,9,12)/t7-;6-/m00/s1. The van der Waals surface area contributed by atoms with E-state index in [-0.39, 0.29) is 29.9 Å². The van der Waals surface area contributed by atoms with Crippen LogP contribution in [0.2, 0.25) is 0 Å². The summed E-state index contributed by atoms with van der Waals surface area (Å²) in [4.78, 5) is 45.2. The van der Waals surface area contributed by atoms with Crippen molar-refractivity contribution in [2.75, 3.05) is 20.2 Å². The van der Waals surface area contributed by atoms with Gasteiger partial charge in [0.15, 0.2) is 0 Å². The van der Waals surface area contributed by atoms with Crippen molar-refractivity contribution in [2.45, 2.75) is 64.5 Å². The second-order valence-electron chi connectivity index (χ2n) is 6.01. The molecule has 1 rings (SSSR count). The highest BCUT2D eigenvalue weighted by molar-refractivity contribution is 5.87. The predicted molar refractivity (Wildman–Crippen MR) is 96.7 cm³/mol. The normalized spacial score (nSPS) is 15.7. The zero-order valence-electron chi connectivity index (χ0n) is 16.0. The number of carbonyl (C=O) groups excluding carboxylic acids is 4. The fraction of sp³-hybridized carbons (Fsp3) is 0.765. The van der Waals surface area contributed by atoms with E-state index < -0.39 is 5.91 Å². The zero-order valence-corrected chi connectivity index (χ0v) is 16.0. The molecule has 0 bridgehead atoms. The molecule has 150 valence electrons. The minimum Gasteiger partial charge on any atom is -0.469 e. The van der Waals surface area contributed by atoms with Crippen molar-refractivity contribution in [1.29, 1.82) is 0 Å². The molecular formula is C17H32N4O5.